The summed E-state index contributed by atoms with van der Waals surface area (Å²) < 4.78 is 15.5. The normalized spacial score (nSPS) is 10.7. The second-order valence-electron chi connectivity index (χ2n) is 5.18. The van der Waals surface area contributed by atoms with E-state index in [-0.39, 0.29) is 23.0 Å². The second kappa shape index (κ2) is 7.55. The highest BCUT2D eigenvalue weighted by atomic mass is 16.5. The minimum Gasteiger partial charge on any atom is -0.502 e. The fraction of sp³-hybridized carbons (Fsp3) is 0.211. The Balaban J connectivity index is 2.32. The van der Waals surface area contributed by atoms with E-state index < -0.39 is 0 Å². The first-order valence-corrected chi connectivity index (χ1v) is 7.32. The summed E-state index contributed by atoms with van der Waals surface area (Å²) in [6.45, 7) is 1.93. The van der Waals surface area contributed by atoms with Crippen molar-refractivity contribution in [1.82, 2.24) is 0 Å². The number of carbonyl (C=O) groups excluding carboxylic acids is 1. The predicted octanol–water partition coefficient (Wildman–Crippen LogP) is 3.62. The Kier molecular flexibility index (Phi) is 5.47. The fourth-order valence-corrected chi connectivity index (χ4v) is 2.27. The summed E-state index contributed by atoms with van der Waals surface area (Å²) in [5, 5.41) is 9.91. The maximum Gasteiger partial charge on any atom is 0.200 e. The second-order valence-corrected chi connectivity index (χ2v) is 5.18. The maximum atomic E-state index is 12.4. The number of phenols is 1. The smallest absolute Gasteiger partial charge is 0.200 e. The fourth-order valence-electron chi connectivity index (χ4n) is 2.27. The standard InChI is InChI=1S/C19H20O5/c1-12-5-7-14(16(9-12)22-2)15(20)8-6-13-10-17(23-3)19(21)18(11-13)24-4/h5-11,21H,1-4H3/b8-6+. The molecule has 126 valence electrons. The molecule has 1 N–H and O–H groups in total. The molecule has 5 heteroatoms. The SMILES string of the molecule is COc1cc(C)ccc1C(=O)/C=C/c1cc(OC)c(O)c(OC)c1. The van der Waals surface area contributed by atoms with E-state index in [4.69, 9.17) is 14.2 Å². The highest BCUT2D eigenvalue weighted by Crippen LogP contribution is 2.37. The summed E-state index contributed by atoms with van der Waals surface area (Å²) in [7, 11) is 4.43. The molecule has 0 bridgehead atoms. The molecule has 0 aliphatic carbocycles. The molecule has 0 aromatic heterocycles. The van der Waals surface area contributed by atoms with Crippen LogP contribution in [0.5, 0.6) is 23.0 Å². The van der Waals surface area contributed by atoms with Gasteiger partial charge in [-0.15, -0.1) is 0 Å². The van der Waals surface area contributed by atoms with Crippen LogP contribution in [0.3, 0.4) is 0 Å². The van der Waals surface area contributed by atoms with Crippen LogP contribution in [0.25, 0.3) is 6.08 Å². The average Bonchev–Trinajstić information content (AvgIpc) is 2.60. The van der Waals surface area contributed by atoms with Gasteiger partial charge < -0.3 is 19.3 Å². The topological polar surface area (TPSA) is 65.0 Å². The molecule has 24 heavy (non-hydrogen) atoms. The Hall–Kier alpha value is -2.95. The molecule has 0 aliphatic heterocycles. The molecular weight excluding hydrogens is 308 g/mol. The number of ketones is 1. The van der Waals surface area contributed by atoms with Gasteiger partial charge in [-0.3, -0.25) is 4.79 Å². The Morgan fingerprint density at radius 1 is 0.958 bits per heavy atom. The maximum absolute atomic E-state index is 12.4. The minimum absolute atomic E-state index is 0.0799. The van der Waals surface area contributed by atoms with Crippen LogP contribution in [0.4, 0.5) is 0 Å². The molecule has 0 fully saturated rings. The Morgan fingerprint density at radius 3 is 2.08 bits per heavy atom. The summed E-state index contributed by atoms with van der Waals surface area (Å²) in [4.78, 5) is 12.4. The summed E-state index contributed by atoms with van der Waals surface area (Å²) in [6, 6.07) is 8.64. The van der Waals surface area contributed by atoms with E-state index in [0.29, 0.717) is 16.9 Å². The lowest BCUT2D eigenvalue weighted by Gasteiger charge is -2.09. The number of allylic oxidation sites excluding steroid dienone is 1. The van der Waals surface area contributed by atoms with Crippen LogP contribution in [0.1, 0.15) is 21.5 Å². The van der Waals surface area contributed by atoms with Crippen LogP contribution >= 0.6 is 0 Å². The summed E-state index contributed by atoms with van der Waals surface area (Å²) >= 11 is 0. The molecule has 0 aliphatic rings. The van der Waals surface area contributed by atoms with Gasteiger partial charge in [0.05, 0.1) is 26.9 Å². The zero-order valence-corrected chi connectivity index (χ0v) is 14.1. The van der Waals surface area contributed by atoms with E-state index in [9.17, 15) is 9.90 Å². The van der Waals surface area contributed by atoms with E-state index in [1.807, 2.05) is 19.1 Å². The highest BCUT2D eigenvalue weighted by Gasteiger charge is 2.12. The molecule has 2 rings (SSSR count). The third-order valence-corrected chi connectivity index (χ3v) is 3.55. The lowest BCUT2D eigenvalue weighted by atomic mass is 10.1. The number of methoxy groups -OCH3 is 3. The van der Waals surface area contributed by atoms with Crippen molar-refractivity contribution in [3.05, 3.63) is 53.1 Å². The lowest BCUT2D eigenvalue weighted by Crippen LogP contribution is -1.99. The van der Waals surface area contributed by atoms with Gasteiger partial charge in [0.15, 0.2) is 17.3 Å². The van der Waals surface area contributed by atoms with Crippen molar-refractivity contribution < 1.29 is 24.1 Å². The van der Waals surface area contributed by atoms with Gasteiger partial charge in [-0.05, 0) is 48.4 Å². The first-order valence-electron chi connectivity index (χ1n) is 7.32. The van der Waals surface area contributed by atoms with Crippen LogP contribution < -0.4 is 14.2 Å². The molecule has 0 heterocycles. The monoisotopic (exact) mass is 328 g/mol. The number of carbonyl (C=O) groups is 1. The molecule has 2 aromatic carbocycles. The third-order valence-electron chi connectivity index (χ3n) is 3.55. The minimum atomic E-state index is -0.183. The van der Waals surface area contributed by atoms with Crippen LogP contribution in [0.2, 0.25) is 0 Å². The molecule has 0 amide bonds. The van der Waals surface area contributed by atoms with E-state index in [0.717, 1.165) is 5.56 Å². The van der Waals surface area contributed by atoms with Gasteiger partial charge in [-0.2, -0.15) is 0 Å². The van der Waals surface area contributed by atoms with Gasteiger partial charge in [0.2, 0.25) is 5.75 Å². The van der Waals surface area contributed by atoms with E-state index in [2.05, 4.69) is 0 Å². The molecule has 0 saturated heterocycles. The van der Waals surface area contributed by atoms with E-state index in [1.54, 1.807) is 24.3 Å². The van der Waals surface area contributed by atoms with Crippen molar-refractivity contribution in [1.29, 1.82) is 0 Å². The Labute approximate surface area is 141 Å². The molecule has 0 unspecified atom stereocenters. The zero-order valence-electron chi connectivity index (χ0n) is 14.1. The van der Waals surface area contributed by atoms with E-state index >= 15 is 0 Å². The van der Waals surface area contributed by atoms with Gasteiger partial charge in [0, 0.05) is 0 Å². The number of hydrogen-bond acceptors (Lipinski definition) is 5. The van der Waals surface area contributed by atoms with Crippen molar-refractivity contribution >= 4 is 11.9 Å². The van der Waals surface area contributed by atoms with Gasteiger partial charge >= 0.3 is 0 Å². The van der Waals surface area contributed by atoms with Crippen LogP contribution in [0.15, 0.2) is 36.4 Å². The molecule has 0 saturated carbocycles. The molecule has 2 aromatic rings. The predicted molar refractivity (Wildman–Crippen MR) is 92.3 cm³/mol. The van der Waals surface area contributed by atoms with Gasteiger partial charge in [-0.1, -0.05) is 12.1 Å². The van der Waals surface area contributed by atoms with Crippen LogP contribution in [-0.2, 0) is 0 Å². The number of ether oxygens (including phenoxy) is 3. The van der Waals surface area contributed by atoms with Crippen molar-refractivity contribution in [3.63, 3.8) is 0 Å². The van der Waals surface area contributed by atoms with Crippen LogP contribution in [0, 0.1) is 6.92 Å². The van der Waals surface area contributed by atoms with Crippen molar-refractivity contribution in [2.75, 3.05) is 21.3 Å². The van der Waals surface area contributed by atoms with Gasteiger partial charge in [0.1, 0.15) is 5.75 Å². The van der Waals surface area contributed by atoms with Crippen molar-refractivity contribution in [2.45, 2.75) is 6.92 Å². The van der Waals surface area contributed by atoms with Crippen molar-refractivity contribution in [2.24, 2.45) is 0 Å². The first-order chi connectivity index (χ1) is 11.5. The number of benzene rings is 2. The summed E-state index contributed by atoms with van der Waals surface area (Å²) in [6.07, 6.45) is 3.07. The Morgan fingerprint density at radius 2 is 1.54 bits per heavy atom. The molecular formula is C19H20O5. The largest absolute Gasteiger partial charge is 0.502 e. The van der Waals surface area contributed by atoms with Crippen molar-refractivity contribution in [3.8, 4) is 23.0 Å². The number of rotatable bonds is 6. The number of aryl methyl sites for hydroxylation is 1. The average molecular weight is 328 g/mol. The first kappa shape index (κ1) is 17.4. The number of aromatic hydroxyl groups is 1. The van der Waals surface area contributed by atoms with Crippen LogP contribution in [-0.4, -0.2) is 32.2 Å². The van der Waals surface area contributed by atoms with E-state index in [1.165, 1.54) is 27.4 Å². The quantitative estimate of drug-likeness (QED) is 0.648. The lowest BCUT2D eigenvalue weighted by molar-refractivity contribution is 0.104. The molecule has 0 atom stereocenters. The highest BCUT2D eigenvalue weighted by molar-refractivity contribution is 6.08. The van der Waals surface area contributed by atoms with Gasteiger partial charge in [0.25, 0.3) is 0 Å². The summed E-state index contributed by atoms with van der Waals surface area (Å²) in [5.41, 5.74) is 2.17. The molecule has 0 spiro atoms. The zero-order chi connectivity index (χ0) is 17.7. The number of phenolic OH excluding ortho intramolecular Hbond substituents is 1. The van der Waals surface area contributed by atoms with Gasteiger partial charge in [-0.25, -0.2) is 0 Å². The number of hydrogen-bond donors (Lipinski definition) is 1. The Bertz CT molecular complexity index is 752. The molecule has 0 radical (unpaired) electrons. The third kappa shape index (κ3) is 3.68. The molecule has 5 nitrogen and oxygen atoms in total. The summed E-state index contributed by atoms with van der Waals surface area (Å²) in [5.74, 6) is 0.816.